The fourth-order valence-corrected chi connectivity index (χ4v) is 2.48. The largest absolute Gasteiger partial charge is 0.489 e. The van der Waals surface area contributed by atoms with Gasteiger partial charge >= 0.3 is 0 Å². The van der Waals surface area contributed by atoms with E-state index in [4.69, 9.17) is 4.74 Å². The first-order chi connectivity index (χ1) is 10.1. The van der Waals surface area contributed by atoms with Crippen LogP contribution < -0.4 is 4.74 Å². The topological polar surface area (TPSA) is 9.23 Å². The standard InChI is InChI=1S/C17H11BrF2O/c18-14-3-1-12-9-16(5-2-11(12)7-14)21-10-13-8-15(19)4-6-17(13)20/h1-9H,10H2. The van der Waals surface area contributed by atoms with Gasteiger partial charge in [-0.2, -0.15) is 0 Å². The van der Waals surface area contributed by atoms with E-state index < -0.39 is 11.6 Å². The van der Waals surface area contributed by atoms with Crippen LogP contribution >= 0.6 is 15.9 Å². The first kappa shape index (κ1) is 14.0. The van der Waals surface area contributed by atoms with Crippen LogP contribution in [0.5, 0.6) is 5.75 Å². The minimum atomic E-state index is -0.474. The normalized spacial score (nSPS) is 10.8. The van der Waals surface area contributed by atoms with Gasteiger partial charge in [-0.3, -0.25) is 0 Å². The van der Waals surface area contributed by atoms with Crippen molar-refractivity contribution in [3.8, 4) is 5.75 Å². The summed E-state index contributed by atoms with van der Waals surface area (Å²) in [6.07, 6.45) is 0. The van der Waals surface area contributed by atoms with E-state index in [1.165, 1.54) is 0 Å². The van der Waals surface area contributed by atoms with Crippen molar-refractivity contribution in [1.29, 1.82) is 0 Å². The van der Waals surface area contributed by atoms with Crippen LogP contribution in [0.15, 0.2) is 59.1 Å². The molecule has 1 nitrogen and oxygen atoms in total. The number of benzene rings is 3. The van der Waals surface area contributed by atoms with Gasteiger partial charge in [-0.25, -0.2) is 8.78 Å². The molecule has 0 aliphatic carbocycles. The highest BCUT2D eigenvalue weighted by Crippen LogP contribution is 2.25. The quantitative estimate of drug-likeness (QED) is 0.610. The molecule has 0 saturated heterocycles. The van der Waals surface area contributed by atoms with E-state index in [9.17, 15) is 8.78 Å². The molecular formula is C17H11BrF2O. The van der Waals surface area contributed by atoms with E-state index in [0.29, 0.717) is 5.75 Å². The van der Waals surface area contributed by atoms with Gasteiger partial charge in [0.15, 0.2) is 0 Å². The Morgan fingerprint density at radius 3 is 2.48 bits per heavy atom. The van der Waals surface area contributed by atoms with Crippen molar-refractivity contribution >= 4 is 26.7 Å². The maximum atomic E-state index is 13.5. The van der Waals surface area contributed by atoms with Crippen LogP contribution in [0, 0.1) is 11.6 Å². The molecule has 0 amide bonds. The van der Waals surface area contributed by atoms with Crippen LogP contribution in [0.4, 0.5) is 8.78 Å². The lowest BCUT2D eigenvalue weighted by molar-refractivity contribution is 0.299. The molecule has 0 aliphatic heterocycles. The Morgan fingerprint density at radius 1 is 0.857 bits per heavy atom. The van der Waals surface area contributed by atoms with Gasteiger partial charge in [0, 0.05) is 10.0 Å². The first-order valence-electron chi connectivity index (χ1n) is 6.38. The predicted octanol–water partition coefficient (Wildman–Crippen LogP) is 5.46. The lowest BCUT2D eigenvalue weighted by atomic mass is 10.1. The van der Waals surface area contributed by atoms with Crippen molar-refractivity contribution in [2.45, 2.75) is 6.61 Å². The van der Waals surface area contributed by atoms with Crippen LogP contribution in [-0.4, -0.2) is 0 Å². The molecule has 3 aromatic rings. The Labute approximate surface area is 129 Å². The highest BCUT2D eigenvalue weighted by Gasteiger charge is 2.05. The third kappa shape index (κ3) is 3.22. The van der Waals surface area contributed by atoms with Gasteiger partial charge in [0.25, 0.3) is 0 Å². The first-order valence-corrected chi connectivity index (χ1v) is 7.17. The van der Waals surface area contributed by atoms with Crippen LogP contribution in [0.3, 0.4) is 0 Å². The number of hydrogen-bond donors (Lipinski definition) is 0. The van der Waals surface area contributed by atoms with Gasteiger partial charge in [-0.15, -0.1) is 0 Å². The second kappa shape index (κ2) is 5.82. The molecule has 4 heteroatoms. The number of ether oxygens (including phenoxy) is 1. The Kier molecular flexibility index (Phi) is 3.88. The van der Waals surface area contributed by atoms with E-state index in [-0.39, 0.29) is 12.2 Å². The molecule has 0 fully saturated rings. The number of fused-ring (bicyclic) bond motifs is 1. The molecule has 0 spiro atoms. The van der Waals surface area contributed by atoms with E-state index in [0.717, 1.165) is 33.4 Å². The van der Waals surface area contributed by atoms with Crippen LogP contribution in [0.2, 0.25) is 0 Å². The van der Waals surface area contributed by atoms with Gasteiger partial charge in [-0.05, 0) is 53.2 Å². The Hall–Kier alpha value is -1.94. The maximum absolute atomic E-state index is 13.5. The van der Waals surface area contributed by atoms with Crippen molar-refractivity contribution < 1.29 is 13.5 Å². The number of rotatable bonds is 3. The van der Waals surface area contributed by atoms with Crippen molar-refractivity contribution in [2.75, 3.05) is 0 Å². The number of halogens is 3. The van der Waals surface area contributed by atoms with Gasteiger partial charge < -0.3 is 4.74 Å². The van der Waals surface area contributed by atoms with Crippen molar-refractivity contribution in [2.24, 2.45) is 0 Å². The zero-order valence-corrected chi connectivity index (χ0v) is 12.5. The molecule has 0 aliphatic rings. The number of hydrogen-bond acceptors (Lipinski definition) is 1. The Morgan fingerprint density at radius 2 is 1.62 bits per heavy atom. The van der Waals surface area contributed by atoms with E-state index in [2.05, 4.69) is 15.9 Å². The Bertz CT molecular complexity index is 802. The lowest BCUT2D eigenvalue weighted by Crippen LogP contribution is -1.99. The summed E-state index contributed by atoms with van der Waals surface area (Å²) >= 11 is 3.42. The van der Waals surface area contributed by atoms with Gasteiger partial charge in [0.1, 0.15) is 24.0 Å². The zero-order chi connectivity index (χ0) is 14.8. The summed E-state index contributed by atoms with van der Waals surface area (Å²) in [5, 5.41) is 2.10. The van der Waals surface area contributed by atoms with Crippen molar-refractivity contribution in [3.05, 3.63) is 76.3 Å². The molecule has 3 rings (SSSR count). The van der Waals surface area contributed by atoms with Gasteiger partial charge in [0.2, 0.25) is 0 Å². The van der Waals surface area contributed by atoms with Gasteiger partial charge in [0.05, 0.1) is 0 Å². The second-order valence-electron chi connectivity index (χ2n) is 4.68. The minimum absolute atomic E-state index is 0.00831. The molecule has 0 heterocycles. The molecule has 0 atom stereocenters. The molecular weight excluding hydrogens is 338 g/mol. The van der Waals surface area contributed by atoms with E-state index in [1.807, 2.05) is 36.4 Å². The van der Waals surface area contributed by atoms with Crippen LogP contribution in [-0.2, 0) is 6.61 Å². The fourth-order valence-electron chi connectivity index (χ4n) is 2.10. The highest BCUT2D eigenvalue weighted by atomic mass is 79.9. The van der Waals surface area contributed by atoms with E-state index in [1.54, 1.807) is 0 Å². The third-order valence-electron chi connectivity index (χ3n) is 3.18. The SMILES string of the molecule is Fc1ccc(F)c(COc2ccc3cc(Br)ccc3c2)c1. The average molecular weight is 349 g/mol. The summed E-state index contributed by atoms with van der Waals surface area (Å²) in [5.74, 6) is -0.326. The molecule has 0 bridgehead atoms. The molecule has 21 heavy (non-hydrogen) atoms. The molecule has 0 unspecified atom stereocenters. The fraction of sp³-hybridized carbons (Fsp3) is 0.0588. The maximum Gasteiger partial charge on any atom is 0.130 e. The monoisotopic (exact) mass is 348 g/mol. The minimum Gasteiger partial charge on any atom is -0.489 e. The van der Waals surface area contributed by atoms with Gasteiger partial charge in [-0.1, -0.05) is 28.1 Å². The van der Waals surface area contributed by atoms with E-state index >= 15 is 0 Å². The summed E-state index contributed by atoms with van der Waals surface area (Å²) in [7, 11) is 0. The summed E-state index contributed by atoms with van der Waals surface area (Å²) in [6, 6.07) is 14.9. The average Bonchev–Trinajstić information content (AvgIpc) is 2.48. The smallest absolute Gasteiger partial charge is 0.130 e. The zero-order valence-electron chi connectivity index (χ0n) is 10.9. The molecule has 0 aromatic heterocycles. The Balaban J connectivity index is 1.82. The van der Waals surface area contributed by atoms with Crippen molar-refractivity contribution in [3.63, 3.8) is 0 Å². The molecule has 106 valence electrons. The third-order valence-corrected chi connectivity index (χ3v) is 3.67. The predicted molar refractivity (Wildman–Crippen MR) is 82.3 cm³/mol. The summed E-state index contributed by atoms with van der Waals surface area (Å²) in [5.41, 5.74) is 0.200. The van der Waals surface area contributed by atoms with Crippen molar-refractivity contribution in [1.82, 2.24) is 0 Å². The lowest BCUT2D eigenvalue weighted by Gasteiger charge is -2.08. The van der Waals surface area contributed by atoms with Crippen LogP contribution in [0.1, 0.15) is 5.56 Å². The molecule has 0 saturated carbocycles. The summed E-state index contributed by atoms with van der Waals surface area (Å²) < 4.78 is 33.2. The molecule has 3 aromatic carbocycles. The van der Waals surface area contributed by atoms with Crippen LogP contribution in [0.25, 0.3) is 10.8 Å². The second-order valence-corrected chi connectivity index (χ2v) is 5.59. The summed E-state index contributed by atoms with van der Waals surface area (Å²) in [4.78, 5) is 0. The molecule has 0 radical (unpaired) electrons. The summed E-state index contributed by atoms with van der Waals surface area (Å²) in [6.45, 7) is -0.00831. The molecule has 0 N–H and O–H groups in total. The highest BCUT2D eigenvalue weighted by molar-refractivity contribution is 9.10.